The van der Waals surface area contributed by atoms with Gasteiger partial charge in [0.2, 0.25) is 5.95 Å². The van der Waals surface area contributed by atoms with Gasteiger partial charge in [-0.2, -0.15) is 4.98 Å². The number of ether oxygens (including phenoxy) is 1. The van der Waals surface area contributed by atoms with Gasteiger partial charge in [-0.3, -0.25) is 4.98 Å². The monoisotopic (exact) mass is 652 g/mol. The summed E-state index contributed by atoms with van der Waals surface area (Å²) in [5.41, 5.74) is 1.12. The van der Waals surface area contributed by atoms with Crippen LogP contribution < -0.4 is 15.4 Å². The lowest BCUT2D eigenvalue weighted by molar-refractivity contribution is -0.274. The number of aromatic nitrogens is 4. The van der Waals surface area contributed by atoms with Gasteiger partial charge in [0, 0.05) is 18.4 Å². The number of fused-ring (bicyclic) bond motifs is 1. The fourth-order valence-corrected chi connectivity index (χ4v) is 7.55. The first-order valence-corrected chi connectivity index (χ1v) is 16.5. The largest absolute Gasteiger partial charge is 0.573 e. The van der Waals surface area contributed by atoms with E-state index in [4.69, 9.17) is 4.98 Å². The first-order valence-electron chi connectivity index (χ1n) is 13.6. The van der Waals surface area contributed by atoms with E-state index in [2.05, 4.69) is 30.3 Å². The van der Waals surface area contributed by atoms with E-state index < -0.39 is 40.0 Å². The summed E-state index contributed by atoms with van der Waals surface area (Å²) >= 11 is 1.37. The summed E-state index contributed by atoms with van der Waals surface area (Å²) in [6.45, 7) is 5.34. The number of halogens is 3. The Kier molecular flexibility index (Phi) is 8.48. The van der Waals surface area contributed by atoms with Crippen LogP contribution in [0, 0.1) is 19.8 Å². The van der Waals surface area contributed by atoms with Gasteiger partial charge in [0.1, 0.15) is 38.0 Å². The SMILES string of the molecule is Cc1nc(N[C@H](C)c2ccc(OC(F)(F)F)cc2)nc(N[C@@]2(O)CC[C@H](CS(C)(=O)=O)[C@H]2O)c1-c1nc2c(C)nccc2s1. The van der Waals surface area contributed by atoms with E-state index in [0.717, 1.165) is 16.6 Å². The highest BCUT2D eigenvalue weighted by Gasteiger charge is 2.48. The summed E-state index contributed by atoms with van der Waals surface area (Å²) in [7, 11) is -3.41. The average molecular weight is 653 g/mol. The number of pyridine rings is 1. The molecule has 4 N–H and O–H groups in total. The first kappa shape index (κ1) is 31.8. The molecule has 236 valence electrons. The third-order valence-corrected chi connectivity index (χ3v) is 9.51. The van der Waals surface area contributed by atoms with Crippen LogP contribution in [0.3, 0.4) is 0 Å². The Balaban J connectivity index is 1.50. The highest BCUT2D eigenvalue weighted by Crippen LogP contribution is 2.41. The van der Waals surface area contributed by atoms with E-state index in [9.17, 15) is 31.8 Å². The van der Waals surface area contributed by atoms with Crippen molar-refractivity contribution in [1.29, 1.82) is 0 Å². The number of nitrogens with one attached hydrogen (secondary N) is 2. The minimum atomic E-state index is -4.80. The van der Waals surface area contributed by atoms with Crippen LogP contribution in [-0.4, -0.2) is 68.8 Å². The topological polar surface area (TPSA) is 159 Å². The number of nitrogens with zero attached hydrogens (tertiary/aromatic N) is 4. The van der Waals surface area contributed by atoms with Gasteiger partial charge in [-0.25, -0.2) is 18.4 Å². The molecule has 3 aromatic heterocycles. The standard InChI is InChI=1S/C28H31F3N6O5S2/c1-14(17-5-7-19(8-6-17)42-28(29,30)31)33-26-34-15(2)21(25-35-22-16(3)32-12-10-20(22)43-25)24(36-26)37-27(39)11-9-18(23(27)38)13-44(4,40)41/h5-8,10,12,14,18,23,38-39H,9,11,13H2,1-4H3,(H2,33,34,36,37)/t14-,18-,23-,27-/m1/s1. The van der Waals surface area contributed by atoms with E-state index in [1.807, 2.05) is 13.0 Å². The van der Waals surface area contributed by atoms with Gasteiger partial charge in [0.15, 0.2) is 5.72 Å². The molecule has 0 saturated heterocycles. The zero-order valence-electron chi connectivity index (χ0n) is 24.2. The summed E-state index contributed by atoms with van der Waals surface area (Å²) in [6, 6.07) is 6.75. The molecule has 0 aliphatic heterocycles. The highest BCUT2D eigenvalue weighted by molar-refractivity contribution is 7.90. The van der Waals surface area contributed by atoms with E-state index in [-0.39, 0.29) is 36.1 Å². The fourth-order valence-electron chi connectivity index (χ4n) is 5.31. The number of alkyl halides is 3. The lowest BCUT2D eigenvalue weighted by atomic mass is 10.0. The second-order valence-corrected chi connectivity index (χ2v) is 14.2. The number of rotatable bonds is 9. The molecule has 4 aromatic rings. The number of hydrogen-bond donors (Lipinski definition) is 4. The van der Waals surface area contributed by atoms with Crippen LogP contribution in [0.15, 0.2) is 36.5 Å². The Hall–Kier alpha value is -3.60. The minimum Gasteiger partial charge on any atom is -0.406 e. The molecule has 1 aliphatic rings. The number of aryl methyl sites for hydroxylation is 2. The molecule has 4 atom stereocenters. The zero-order valence-corrected chi connectivity index (χ0v) is 25.8. The minimum absolute atomic E-state index is 0.0607. The maximum Gasteiger partial charge on any atom is 0.573 e. The van der Waals surface area contributed by atoms with Gasteiger partial charge in [-0.1, -0.05) is 12.1 Å². The van der Waals surface area contributed by atoms with Crippen LogP contribution in [0.2, 0.25) is 0 Å². The predicted octanol–water partition coefficient (Wildman–Crippen LogP) is 4.75. The first-order chi connectivity index (χ1) is 20.5. The lowest BCUT2D eigenvalue weighted by Crippen LogP contribution is -2.48. The van der Waals surface area contributed by atoms with Crippen molar-refractivity contribution in [1.82, 2.24) is 19.9 Å². The molecule has 5 rings (SSSR count). The van der Waals surface area contributed by atoms with Crippen molar-refractivity contribution in [3.05, 3.63) is 53.5 Å². The molecule has 1 fully saturated rings. The maximum atomic E-state index is 12.6. The highest BCUT2D eigenvalue weighted by atomic mass is 32.2. The van der Waals surface area contributed by atoms with Crippen LogP contribution in [0.4, 0.5) is 24.9 Å². The van der Waals surface area contributed by atoms with Crippen molar-refractivity contribution in [3.63, 3.8) is 0 Å². The van der Waals surface area contributed by atoms with Crippen LogP contribution in [0.5, 0.6) is 5.75 Å². The Morgan fingerprint density at radius 1 is 1.14 bits per heavy atom. The summed E-state index contributed by atoms with van der Waals surface area (Å²) in [5, 5.41) is 29.2. The van der Waals surface area contributed by atoms with Crippen molar-refractivity contribution >= 4 is 43.2 Å². The Morgan fingerprint density at radius 2 is 1.84 bits per heavy atom. The van der Waals surface area contributed by atoms with Gasteiger partial charge in [0.25, 0.3) is 0 Å². The normalized spacial score (nSPS) is 21.4. The number of sulfone groups is 1. The van der Waals surface area contributed by atoms with E-state index in [1.54, 1.807) is 20.0 Å². The zero-order chi connectivity index (χ0) is 32.0. The summed E-state index contributed by atoms with van der Waals surface area (Å²) in [5.74, 6) is -1.02. The van der Waals surface area contributed by atoms with Gasteiger partial charge in [-0.15, -0.1) is 24.5 Å². The second-order valence-electron chi connectivity index (χ2n) is 11.0. The molecule has 0 spiro atoms. The molecule has 0 bridgehead atoms. The van der Waals surface area contributed by atoms with Crippen molar-refractivity contribution in [2.45, 2.75) is 57.8 Å². The van der Waals surface area contributed by atoms with Crippen molar-refractivity contribution < 1.29 is 36.5 Å². The number of benzene rings is 1. The Bertz CT molecular complexity index is 1790. The van der Waals surface area contributed by atoms with E-state index >= 15 is 0 Å². The average Bonchev–Trinajstić information content (AvgIpc) is 3.45. The number of anilines is 2. The molecule has 11 nitrogen and oxygen atoms in total. The number of aliphatic hydroxyl groups excluding tert-OH is 1. The molecule has 0 unspecified atom stereocenters. The van der Waals surface area contributed by atoms with Crippen LogP contribution in [0.1, 0.15) is 42.8 Å². The summed E-state index contributed by atoms with van der Waals surface area (Å²) < 4.78 is 66.4. The molecule has 3 heterocycles. The molecule has 16 heteroatoms. The number of aliphatic hydroxyl groups is 2. The van der Waals surface area contributed by atoms with E-state index in [0.29, 0.717) is 27.3 Å². The molecule has 0 radical (unpaired) electrons. The van der Waals surface area contributed by atoms with Crippen LogP contribution >= 0.6 is 11.3 Å². The molecular formula is C28H31F3N6O5S2. The molecule has 44 heavy (non-hydrogen) atoms. The molecule has 0 amide bonds. The van der Waals surface area contributed by atoms with Crippen molar-refractivity contribution in [2.24, 2.45) is 5.92 Å². The van der Waals surface area contributed by atoms with Gasteiger partial charge < -0.3 is 25.6 Å². The third kappa shape index (κ3) is 7.03. The van der Waals surface area contributed by atoms with Crippen LogP contribution in [0.25, 0.3) is 20.8 Å². The molecule has 1 aromatic carbocycles. The predicted molar refractivity (Wildman–Crippen MR) is 160 cm³/mol. The second kappa shape index (κ2) is 11.7. The Labute approximate surface area is 255 Å². The smallest absolute Gasteiger partial charge is 0.406 e. The fraction of sp³-hybridized carbons (Fsp3) is 0.429. The van der Waals surface area contributed by atoms with Gasteiger partial charge >= 0.3 is 6.36 Å². The number of hydrogen-bond acceptors (Lipinski definition) is 12. The lowest BCUT2D eigenvalue weighted by Gasteiger charge is -2.31. The molecular weight excluding hydrogens is 621 g/mol. The van der Waals surface area contributed by atoms with Crippen molar-refractivity contribution in [2.75, 3.05) is 22.6 Å². The van der Waals surface area contributed by atoms with Crippen LogP contribution in [-0.2, 0) is 9.84 Å². The number of thiazole rings is 1. The molecule has 1 aliphatic carbocycles. The maximum absolute atomic E-state index is 12.6. The summed E-state index contributed by atoms with van der Waals surface area (Å²) in [4.78, 5) is 18.3. The quantitative estimate of drug-likeness (QED) is 0.185. The van der Waals surface area contributed by atoms with Gasteiger partial charge in [0.05, 0.1) is 33.4 Å². The summed E-state index contributed by atoms with van der Waals surface area (Å²) in [6.07, 6.45) is -3.13. The van der Waals surface area contributed by atoms with Crippen molar-refractivity contribution in [3.8, 4) is 16.3 Å². The third-order valence-electron chi connectivity index (χ3n) is 7.44. The van der Waals surface area contributed by atoms with Gasteiger partial charge in [-0.05, 0) is 57.4 Å². The molecule has 1 saturated carbocycles. The Morgan fingerprint density at radius 3 is 2.48 bits per heavy atom. The van der Waals surface area contributed by atoms with E-state index in [1.165, 1.54) is 35.6 Å².